The van der Waals surface area contributed by atoms with Gasteiger partial charge in [-0.25, -0.2) is 4.39 Å². The monoisotopic (exact) mass is 252 g/mol. The Labute approximate surface area is 108 Å². The Morgan fingerprint density at radius 3 is 2.50 bits per heavy atom. The van der Waals surface area contributed by atoms with E-state index in [0.717, 1.165) is 31.7 Å². The Bertz CT molecular complexity index is 363. The van der Waals surface area contributed by atoms with Crippen molar-refractivity contribution < 1.29 is 9.13 Å². The van der Waals surface area contributed by atoms with E-state index in [9.17, 15) is 4.39 Å². The summed E-state index contributed by atoms with van der Waals surface area (Å²) in [5, 5.41) is 0. The first-order valence-corrected chi connectivity index (χ1v) is 6.48. The summed E-state index contributed by atoms with van der Waals surface area (Å²) in [6.07, 6.45) is 2.10. The molecule has 2 rings (SSSR count). The lowest BCUT2D eigenvalue weighted by molar-refractivity contribution is 0.0588. The van der Waals surface area contributed by atoms with Gasteiger partial charge in [0.1, 0.15) is 5.82 Å². The Morgan fingerprint density at radius 2 is 1.94 bits per heavy atom. The quantitative estimate of drug-likeness (QED) is 0.891. The van der Waals surface area contributed by atoms with Crippen molar-refractivity contribution in [3.8, 4) is 0 Å². The minimum Gasteiger partial charge on any atom is -0.381 e. The van der Waals surface area contributed by atoms with Crippen LogP contribution in [-0.4, -0.2) is 32.8 Å². The van der Waals surface area contributed by atoms with E-state index in [1.54, 1.807) is 12.1 Å². The fraction of sp³-hybridized carbons (Fsp3) is 0.571. The lowest BCUT2D eigenvalue weighted by atomic mass is 9.90. The molecular formula is C14H21FN2O. The Balaban J connectivity index is 2.08. The van der Waals surface area contributed by atoms with Gasteiger partial charge >= 0.3 is 0 Å². The second-order valence-corrected chi connectivity index (χ2v) is 4.84. The summed E-state index contributed by atoms with van der Waals surface area (Å²) >= 11 is 0. The number of hydrogen-bond donors (Lipinski definition) is 1. The van der Waals surface area contributed by atoms with Crippen LogP contribution in [0.1, 0.15) is 12.8 Å². The zero-order chi connectivity index (χ0) is 13.0. The molecule has 1 aliphatic heterocycles. The van der Waals surface area contributed by atoms with Gasteiger partial charge in [0.15, 0.2) is 0 Å². The van der Waals surface area contributed by atoms with E-state index >= 15 is 0 Å². The van der Waals surface area contributed by atoms with Crippen LogP contribution in [0.3, 0.4) is 0 Å². The molecule has 0 aromatic heterocycles. The van der Waals surface area contributed by atoms with Crippen LogP contribution in [-0.2, 0) is 4.74 Å². The predicted octanol–water partition coefficient (Wildman–Crippen LogP) is 2.02. The third-order valence-electron chi connectivity index (χ3n) is 3.78. The molecule has 1 aromatic carbocycles. The van der Waals surface area contributed by atoms with Crippen LogP contribution in [0.4, 0.5) is 10.1 Å². The second kappa shape index (κ2) is 6.16. The van der Waals surface area contributed by atoms with E-state index in [1.165, 1.54) is 12.1 Å². The van der Waals surface area contributed by atoms with Crippen LogP contribution < -0.4 is 10.6 Å². The van der Waals surface area contributed by atoms with Crippen molar-refractivity contribution in [2.45, 2.75) is 18.9 Å². The van der Waals surface area contributed by atoms with Crippen molar-refractivity contribution in [3.63, 3.8) is 0 Å². The Morgan fingerprint density at radius 1 is 1.33 bits per heavy atom. The maximum atomic E-state index is 12.9. The minimum atomic E-state index is -0.206. The summed E-state index contributed by atoms with van der Waals surface area (Å²) < 4.78 is 18.3. The fourth-order valence-corrected chi connectivity index (χ4v) is 2.64. The van der Waals surface area contributed by atoms with Crippen molar-refractivity contribution in [1.82, 2.24) is 0 Å². The lowest BCUT2D eigenvalue weighted by Crippen LogP contribution is -2.45. The van der Waals surface area contributed by atoms with E-state index < -0.39 is 0 Å². The summed E-state index contributed by atoms with van der Waals surface area (Å²) in [5.41, 5.74) is 6.93. The number of halogens is 1. The van der Waals surface area contributed by atoms with Gasteiger partial charge in [0, 0.05) is 38.5 Å². The van der Waals surface area contributed by atoms with Crippen LogP contribution >= 0.6 is 0 Å². The highest BCUT2D eigenvalue weighted by Crippen LogP contribution is 2.25. The van der Waals surface area contributed by atoms with E-state index in [2.05, 4.69) is 4.90 Å². The van der Waals surface area contributed by atoms with Crippen molar-refractivity contribution in [2.24, 2.45) is 11.7 Å². The molecule has 1 aliphatic rings. The van der Waals surface area contributed by atoms with Crippen molar-refractivity contribution in [3.05, 3.63) is 30.1 Å². The normalized spacial score (nSPS) is 18.6. The largest absolute Gasteiger partial charge is 0.381 e. The molecular weight excluding hydrogens is 231 g/mol. The first kappa shape index (κ1) is 13.3. The highest BCUT2D eigenvalue weighted by Gasteiger charge is 2.26. The average Bonchev–Trinajstić information content (AvgIpc) is 2.41. The van der Waals surface area contributed by atoms with E-state index in [4.69, 9.17) is 10.5 Å². The first-order chi connectivity index (χ1) is 8.72. The molecule has 4 heteroatoms. The van der Waals surface area contributed by atoms with Gasteiger partial charge in [-0.05, 0) is 43.0 Å². The maximum absolute atomic E-state index is 12.9. The summed E-state index contributed by atoms with van der Waals surface area (Å²) in [4.78, 5) is 2.16. The molecule has 1 heterocycles. The molecule has 1 unspecified atom stereocenters. The minimum absolute atomic E-state index is 0.206. The molecule has 0 amide bonds. The molecule has 1 fully saturated rings. The highest BCUT2D eigenvalue weighted by atomic mass is 19.1. The summed E-state index contributed by atoms with van der Waals surface area (Å²) in [6, 6.07) is 6.88. The highest BCUT2D eigenvalue weighted by molar-refractivity contribution is 5.46. The van der Waals surface area contributed by atoms with Crippen LogP contribution in [0.5, 0.6) is 0 Å². The number of hydrogen-bond acceptors (Lipinski definition) is 3. The van der Waals surface area contributed by atoms with Gasteiger partial charge in [-0.1, -0.05) is 0 Å². The molecule has 18 heavy (non-hydrogen) atoms. The molecule has 1 saturated heterocycles. The number of benzene rings is 1. The first-order valence-electron chi connectivity index (χ1n) is 6.48. The van der Waals surface area contributed by atoms with E-state index in [-0.39, 0.29) is 5.82 Å². The van der Waals surface area contributed by atoms with Crippen LogP contribution in [0, 0.1) is 11.7 Å². The van der Waals surface area contributed by atoms with Gasteiger partial charge in [0.25, 0.3) is 0 Å². The van der Waals surface area contributed by atoms with E-state index in [0.29, 0.717) is 18.5 Å². The maximum Gasteiger partial charge on any atom is 0.123 e. The van der Waals surface area contributed by atoms with Crippen LogP contribution in [0.15, 0.2) is 24.3 Å². The fourth-order valence-electron chi connectivity index (χ4n) is 2.64. The SMILES string of the molecule is CN(c1ccc(F)cc1)C(CN)C1CCOCC1. The zero-order valence-electron chi connectivity index (χ0n) is 10.8. The summed E-state index contributed by atoms with van der Waals surface area (Å²) in [6.45, 7) is 2.25. The van der Waals surface area contributed by atoms with Gasteiger partial charge < -0.3 is 15.4 Å². The van der Waals surface area contributed by atoms with Gasteiger partial charge in [-0.2, -0.15) is 0 Å². The molecule has 0 bridgehead atoms. The zero-order valence-corrected chi connectivity index (χ0v) is 10.8. The number of nitrogens with two attached hydrogens (primary N) is 1. The van der Waals surface area contributed by atoms with E-state index in [1.807, 2.05) is 7.05 Å². The van der Waals surface area contributed by atoms with Crippen LogP contribution in [0.2, 0.25) is 0 Å². The lowest BCUT2D eigenvalue weighted by Gasteiger charge is -2.37. The number of ether oxygens (including phenoxy) is 1. The summed E-state index contributed by atoms with van der Waals surface area (Å²) in [7, 11) is 2.03. The molecule has 0 aliphatic carbocycles. The summed E-state index contributed by atoms with van der Waals surface area (Å²) in [5.74, 6) is 0.348. The van der Waals surface area contributed by atoms with Gasteiger partial charge in [0.2, 0.25) is 0 Å². The van der Waals surface area contributed by atoms with Crippen molar-refractivity contribution in [2.75, 3.05) is 31.7 Å². The molecule has 0 spiro atoms. The van der Waals surface area contributed by atoms with Gasteiger partial charge in [-0.15, -0.1) is 0 Å². The Hall–Kier alpha value is -1.13. The number of likely N-dealkylation sites (N-methyl/N-ethyl adjacent to an activating group) is 1. The van der Waals surface area contributed by atoms with Crippen LogP contribution in [0.25, 0.3) is 0 Å². The molecule has 100 valence electrons. The molecule has 0 radical (unpaired) electrons. The van der Waals surface area contributed by atoms with Gasteiger partial charge in [-0.3, -0.25) is 0 Å². The van der Waals surface area contributed by atoms with Gasteiger partial charge in [0.05, 0.1) is 0 Å². The topological polar surface area (TPSA) is 38.5 Å². The smallest absolute Gasteiger partial charge is 0.123 e. The molecule has 3 nitrogen and oxygen atoms in total. The number of anilines is 1. The number of rotatable bonds is 4. The third kappa shape index (κ3) is 3.00. The average molecular weight is 252 g/mol. The molecule has 0 saturated carbocycles. The molecule has 2 N–H and O–H groups in total. The predicted molar refractivity (Wildman–Crippen MR) is 71.2 cm³/mol. The standard InChI is InChI=1S/C14H21FN2O/c1-17(13-4-2-12(15)3-5-13)14(10-16)11-6-8-18-9-7-11/h2-5,11,14H,6-10,16H2,1H3. The third-order valence-corrected chi connectivity index (χ3v) is 3.78. The number of nitrogens with zero attached hydrogens (tertiary/aromatic N) is 1. The molecule has 1 aromatic rings. The van der Waals surface area contributed by atoms with Crippen molar-refractivity contribution >= 4 is 5.69 Å². The van der Waals surface area contributed by atoms with Crippen molar-refractivity contribution in [1.29, 1.82) is 0 Å². The second-order valence-electron chi connectivity index (χ2n) is 4.84. The Kier molecular flexibility index (Phi) is 4.55. The molecule has 1 atom stereocenters.